The fraction of sp³-hybridized carbons (Fsp3) is 0.118. The molecule has 0 spiro atoms. The van der Waals surface area contributed by atoms with Crippen LogP contribution in [0.4, 0.5) is 5.69 Å². The van der Waals surface area contributed by atoms with E-state index < -0.39 is 16.4 Å². The summed E-state index contributed by atoms with van der Waals surface area (Å²) in [6.45, 7) is 1.96. The first-order valence-electron chi connectivity index (χ1n) is 6.88. The molecule has 0 bridgehead atoms. The summed E-state index contributed by atoms with van der Waals surface area (Å²) in [6.07, 6.45) is 1.52. The van der Waals surface area contributed by atoms with Gasteiger partial charge in [-0.15, -0.1) is 0 Å². The van der Waals surface area contributed by atoms with Gasteiger partial charge in [-0.05, 0) is 30.2 Å². The minimum absolute atomic E-state index is 0.0123. The van der Waals surface area contributed by atoms with E-state index in [9.17, 15) is 20.5 Å². The topological polar surface area (TPSA) is 96.4 Å². The lowest BCUT2D eigenvalue weighted by atomic mass is 10.0. The minimum atomic E-state index is -0.691. The maximum Gasteiger partial charge on any atom is 0.315 e. The molecule has 0 aliphatic heterocycles. The van der Waals surface area contributed by atoms with Crippen LogP contribution in [0.25, 0.3) is 11.6 Å². The van der Waals surface area contributed by atoms with E-state index in [0.29, 0.717) is 16.7 Å². The summed E-state index contributed by atoms with van der Waals surface area (Å²) in [6, 6.07) is 13.7. The van der Waals surface area contributed by atoms with Crippen LogP contribution in [0.3, 0.4) is 0 Å². The standard InChI is InChI=1S/C17H14N2O4/c1-2-23-16-10-12(9-15(17(16)20)19(21)22)8-14(11-18)13-6-4-3-5-7-13/h3-10,20H,2H2,1H3/b14-8+. The number of phenols is 1. The number of benzene rings is 2. The SMILES string of the molecule is CCOc1cc(/C=C(\C#N)c2ccccc2)cc([N+](=O)[O-])c1O. The molecule has 6 heteroatoms. The Kier molecular flexibility index (Phi) is 4.95. The first-order chi connectivity index (χ1) is 11.1. The number of hydrogen-bond donors (Lipinski definition) is 1. The summed E-state index contributed by atoms with van der Waals surface area (Å²) in [5.41, 5.74) is 0.989. The van der Waals surface area contributed by atoms with Crippen LogP contribution >= 0.6 is 0 Å². The Labute approximate surface area is 133 Å². The minimum Gasteiger partial charge on any atom is -0.500 e. The van der Waals surface area contributed by atoms with Crippen LogP contribution in [-0.4, -0.2) is 16.6 Å². The summed E-state index contributed by atoms with van der Waals surface area (Å²) in [5, 5.41) is 30.2. The zero-order valence-electron chi connectivity index (χ0n) is 12.4. The highest BCUT2D eigenvalue weighted by molar-refractivity contribution is 5.90. The summed E-state index contributed by atoms with van der Waals surface area (Å²) in [4.78, 5) is 10.4. The van der Waals surface area contributed by atoms with Gasteiger partial charge in [0.1, 0.15) is 0 Å². The molecule has 2 aromatic rings. The maximum absolute atomic E-state index is 11.1. The predicted molar refractivity (Wildman–Crippen MR) is 85.9 cm³/mol. The molecule has 0 aliphatic rings. The molecule has 0 fully saturated rings. The number of phenolic OH excluding ortho intramolecular Hbond substituents is 1. The Morgan fingerprint density at radius 3 is 2.65 bits per heavy atom. The van der Waals surface area contributed by atoms with Crippen molar-refractivity contribution in [2.75, 3.05) is 6.61 Å². The van der Waals surface area contributed by atoms with Crippen molar-refractivity contribution in [2.45, 2.75) is 6.92 Å². The smallest absolute Gasteiger partial charge is 0.315 e. The van der Waals surface area contributed by atoms with Crippen LogP contribution in [0.1, 0.15) is 18.1 Å². The molecule has 0 saturated heterocycles. The van der Waals surface area contributed by atoms with Crippen LogP contribution in [0, 0.1) is 21.4 Å². The molecule has 0 aliphatic carbocycles. The lowest BCUT2D eigenvalue weighted by Crippen LogP contribution is -1.96. The average molecular weight is 310 g/mol. The normalized spacial score (nSPS) is 10.9. The zero-order valence-corrected chi connectivity index (χ0v) is 12.4. The van der Waals surface area contributed by atoms with Crippen molar-refractivity contribution < 1.29 is 14.8 Å². The third kappa shape index (κ3) is 3.66. The maximum atomic E-state index is 11.1. The number of nitrogens with zero attached hydrogens (tertiary/aromatic N) is 2. The lowest BCUT2D eigenvalue weighted by molar-refractivity contribution is -0.386. The Bertz CT molecular complexity index is 792. The van der Waals surface area contributed by atoms with E-state index >= 15 is 0 Å². The second kappa shape index (κ2) is 7.09. The number of nitriles is 1. The molecule has 0 heterocycles. The third-order valence-electron chi connectivity index (χ3n) is 3.09. The largest absolute Gasteiger partial charge is 0.500 e. The second-order valence-electron chi connectivity index (χ2n) is 4.61. The van der Waals surface area contributed by atoms with Gasteiger partial charge in [0, 0.05) is 6.07 Å². The Balaban J connectivity index is 2.56. The number of allylic oxidation sites excluding steroid dienone is 1. The van der Waals surface area contributed by atoms with Crippen molar-refractivity contribution in [3.05, 3.63) is 63.7 Å². The molecule has 0 radical (unpaired) electrons. The highest BCUT2D eigenvalue weighted by Crippen LogP contribution is 2.38. The first-order valence-corrected chi connectivity index (χ1v) is 6.88. The van der Waals surface area contributed by atoms with E-state index in [0.717, 1.165) is 0 Å². The molecule has 2 rings (SSSR count). The molecule has 0 saturated carbocycles. The number of rotatable bonds is 5. The monoisotopic (exact) mass is 310 g/mol. The van der Waals surface area contributed by atoms with Gasteiger partial charge in [0.15, 0.2) is 5.75 Å². The third-order valence-corrected chi connectivity index (χ3v) is 3.09. The van der Waals surface area contributed by atoms with Gasteiger partial charge in [0.05, 0.1) is 23.2 Å². The first kappa shape index (κ1) is 16.0. The van der Waals surface area contributed by atoms with Gasteiger partial charge in [-0.3, -0.25) is 10.1 Å². The fourth-order valence-corrected chi connectivity index (χ4v) is 2.07. The summed E-state index contributed by atoms with van der Waals surface area (Å²) in [5.74, 6) is -0.509. The fourth-order valence-electron chi connectivity index (χ4n) is 2.07. The molecule has 23 heavy (non-hydrogen) atoms. The Hall–Kier alpha value is -3.33. The Morgan fingerprint density at radius 2 is 2.09 bits per heavy atom. The zero-order chi connectivity index (χ0) is 16.8. The number of nitro groups is 1. The van der Waals surface area contributed by atoms with Crippen molar-refractivity contribution >= 4 is 17.3 Å². The van der Waals surface area contributed by atoms with E-state index in [-0.39, 0.29) is 12.4 Å². The highest BCUT2D eigenvalue weighted by atomic mass is 16.6. The molecule has 6 nitrogen and oxygen atoms in total. The van der Waals surface area contributed by atoms with E-state index in [1.807, 2.05) is 6.07 Å². The Morgan fingerprint density at radius 1 is 1.39 bits per heavy atom. The van der Waals surface area contributed by atoms with Gasteiger partial charge in [-0.1, -0.05) is 30.3 Å². The quantitative estimate of drug-likeness (QED) is 0.392. The summed E-state index contributed by atoms with van der Waals surface area (Å²) >= 11 is 0. The van der Waals surface area contributed by atoms with Crippen LogP contribution in [0.15, 0.2) is 42.5 Å². The van der Waals surface area contributed by atoms with Crippen LogP contribution < -0.4 is 4.74 Å². The molecule has 0 aromatic heterocycles. The summed E-state index contributed by atoms with van der Waals surface area (Å²) in [7, 11) is 0. The number of aromatic hydroxyl groups is 1. The van der Waals surface area contributed by atoms with E-state index in [2.05, 4.69) is 6.07 Å². The number of hydrogen-bond acceptors (Lipinski definition) is 5. The molecule has 116 valence electrons. The second-order valence-corrected chi connectivity index (χ2v) is 4.61. The van der Waals surface area contributed by atoms with Crippen molar-refractivity contribution in [3.63, 3.8) is 0 Å². The predicted octanol–water partition coefficient (Wildman–Crippen LogP) is 3.76. The molecular formula is C17H14N2O4. The van der Waals surface area contributed by atoms with Crippen molar-refractivity contribution in [1.82, 2.24) is 0 Å². The van der Waals surface area contributed by atoms with Crippen LogP contribution in [-0.2, 0) is 0 Å². The van der Waals surface area contributed by atoms with Gasteiger partial charge in [-0.25, -0.2) is 0 Å². The molecule has 1 N–H and O–H groups in total. The molecule has 2 aromatic carbocycles. The van der Waals surface area contributed by atoms with Gasteiger partial charge >= 0.3 is 5.69 Å². The van der Waals surface area contributed by atoms with Gasteiger partial charge in [0.2, 0.25) is 5.75 Å². The average Bonchev–Trinajstić information content (AvgIpc) is 2.56. The number of nitro benzene ring substituents is 1. The van der Waals surface area contributed by atoms with Crippen LogP contribution in [0.5, 0.6) is 11.5 Å². The van der Waals surface area contributed by atoms with Crippen molar-refractivity contribution in [3.8, 4) is 17.6 Å². The summed E-state index contributed by atoms with van der Waals surface area (Å²) < 4.78 is 5.22. The molecule has 0 atom stereocenters. The van der Waals surface area contributed by atoms with Crippen molar-refractivity contribution in [1.29, 1.82) is 5.26 Å². The van der Waals surface area contributed by atoms with Crippen LogP contribution in [0.2, 0.25) is 0 Å². The molecule has 0 unspecified atom stereocenters. The van der Waals surface area contributed by atoms with E-state index in [1.54, 1.807) is 31.2 Å². The number of ether oxygens (including phenoxy) is 1. The van der Waals surface area contributed by atoms with Gasteiger partial charge < -0.3 is 9.84 Å². The molecular weight excluding hydrogens is 296 g/mol. The van der Waals surface area contributed by atoms with E-state index in [1.165, 1.54) is 18.2 Å². The highest BCUT2D eigenvalue weighted by Gasteiger charge is 2.19. The van der Waals surface area contributed by atoms with E-state index in [4.69, 9.17) is 4.74 Å². The molecule has 0 amide bonds. The van der Waals surface area contributed by atoms with Gasteiger partial charge in [-0.2, -0.15) is 5.26 Å². The van der Waals surface area contributed by atoms with Gasteiger partial charge in [0.25, 0.3) is 0 Å². The lowest BCUT2D eigenvalue weighted by Gasteiger charge is -2.08. The van der Waals surface area contributed by atoms with Crippen molar-refractivity contribution in [2.24, 2.45) is 0 Å².